The highest BCUT2D eigenvalue weighted by molar-refractivity contribution is 6.03. The van der Waals surface area contributed by atoms with E-state index < -0.39 is 0 Å². The van der Waals surface area contributed by atoms with Gasteiger partial charge in [0.1, 0.15) is 0 Å². The van der Waals surface area contributed by atoms with E-state index in [1.807, 2.05) is 44.2 Å². The first-order valence-corrected chi connectivity index (χ1v) is 6.15. The van der Waals surface area contributed by atoms with Gasteiger partial charge in [-0.1, -0.05) is 44.2 Å². The lowest BCUT2D eigenvalue weighted by Gasteiger charge is -2.10. The number of benzene rings is 1. The highest BCUT2D eigenvalue weighted by Crippen LogP contribution is 2.09. The smallest absolute Gasteiger partial charge is 0.307 e. The van der Waals surface area contributed by atoms with Crippen LogP contribution in [0.15, 0.2) is 58.2 Å². The van der Waals surface area contributed by atoms with E-state index in [4.69, 9.17) is 4.42 Å². The number of nitrogens with one attached hydrogen (secondary N) is 1. The molecule has 0 radical (unpaired) electrons. The maximum atomic E-state index is 11.8. The van der Waals surface area contributed by atoms with Crippen molar-refractivity contribution in [1.29, 1.82) is 0 Å². The van der Waals surface area contributed by atoms with Crippen molar-refractivity contribution in [3.63, 3.8) is 0 Å². The van der Waals surface area contributed by atoms with Gasteiger partial charge in [0.15, 0.2) is 5.76 Å². The Morgan fingerprint density at radius 1 is 1.16 bits per heavy atom. The predicted molar refractivity (Wildman–Crippen MR) is 74.0 cm³/mol. The Morgan fingerprint density at radius 2 is 1.89 bits per heavy atom. The summed E-state index contributed by atoms with van der Waals surface area (Å²) in [5.41, 5.74) is 4.35. The third-order valence-corrected chi connectivity index (χ3v) is 2.64. The zero-order valence-corrected chi connectivity index (χ0v) is 11.0. The maximum absolute atomic E-state index is 11.8. The van der Waals surface area contributed by atoms with Gasteiger partial charge in [-0.15, -0.1) is 0 Å². The number of hydrogen-bond acceptors (Lipinski definition) is 3. The van der Waals surface area contributed by atoms with Crippen LogP contribution in [-0.2, 0) is 0 Å². The fourth-order valence-electron chi connectivity index (χ4n) is 1.71. The van der Waals surface area contributed by atoms with Gasteiger partial charge >= 0.3 is 5.91 Å². The summed E-state index contributed by atoms with van der Waals surface area (Å²) in [4.78, 5) is 11.8. The van der Waals surface area contributed by atoms with Gasteiger partial charge in [0.05, 0.1) is 12.0 Å². The summed E-state index contributed by atoms with van der Waals surface area (Å²) >= 11 is 0. The number of amides is 1. The third-order valence-electron chi connectivity index (χ3n) is 2.64. The standard InChI is InChI=1S/C15H16N2O2/c1-11(2)14(12-7-4-3-5-8-12)16-17-15(18)13-9-6-10-19-13/h3-11H,1-2H3,(H,17,18). The molecule has 0 unspecified atom stereocenters. The SMILES string of the molecule is CC(C)C(=NNC(=O)c1ccco1)c1ccccc1. The molecule has 4 nitrogen and oxygen atoms in total. The molecule has 0 spiro atoms. The molecule has 19 heavy (non-hydrogen) atoms. The van der Waals surface area contributed by atoms with Gasteiger partial charge in [0.25, 0.3) is 0 Å². The molecule has 0 aliphatic carbocycles. The largest absolute Gasteiger partial charge is 0.459 e. The van der Waals surface area contributed by atoms with Gasteiger partial charge in [-0.2, -0.15) is 5.10 Å². The number of carbonyl (C=O) groups is 1. The topological polar surface area (TPSA) is 54.6 Å². The molecule has 0 fully saturated rings. The van der Waals surface area contributed by atoms with Crippen molar-refractivity contribution in [2.75, 3.05) is 0 Å². The van der Waals surface area contributed by atoms with Crippen LogP contribution in [0.25, 0.3) is 0 Å². The van der Waals surface area contributed by atoms with E-state index in [0.29, 0.717) is 0 Å². The molecule has 1 N–H and O–H groups in total. The number of nitrogens with zero attached hydrogens (tertiary/aromatic N) is 1. The molecule has 2 rings (SSSR count). The van der Waals surface area contributed by atoms with E-state index in [1.54, 1.807) is 12.1 Å². The van der Waals surface area contributed by atoms with Gasteiger partial charge in [0.2, 0.25) is 0 Å². The molecular formula is C15H16N2O2. The Bertz CT molecular complexity index is 557. The first-order valence-electron chi connectivity index (χ1n) is 6.15. The Hall–Kier alpha value is -2.36. The second-order valence-corrected chi connectivity index (χ2v) is 4.44. The molecule has 1 aromatic carbocycles. The van der Waals surface area contributed by atoms with E-state index in [2.05, 4.69) is 10.5 Å². The number of furan rings is 1. The molecule has 0 aliphatic rings. The summed E-state index contributed by atoms with van der Waals surface area (Å²) in [7, 11) is 0. The van der Waals surface area contributed by atoms with Crippen LogP contribution in [0.5, 0.6) is 0 Å². The van der Waals surface area contributed by atoms with Gasteiger partial charge in [-0.25, -0.2) is 5.43 Å². The van der Waals surface area contributed by atoms with Gasteiger partial charge in [0, 0.05) is 0 Å². The predicted octanol–water partition coefficient (Wildman–Crippen LogP) is 3.07. The molecule has 0 saturated heterocycles. The van der Waals surface area contributed by atoms with E-state index in [-0.39, 0.29) is 17.6 Å². The molecule has 0 saturated carbocycles. The van der Waals surface area contributed by atoms with E-state index in [9.17, 15) is 4.79 Å². The van der Waals surface area contributed by atoms with Crippen molar-refractivity contribution in [3.8, 4) is 0 Å². The normalized spacial score (nSPS) is 11.6. The molecule has 1 heterocycles. The number of hydrazone groups is 1. The maximum Gasteiger partial charge on any atom is 0.307 e. The zero-order chi connectivity index (χ0) is 13.7. The molecular weight excluding hydrogens is 240 g/mol. The number of hydrogen-bond donors (Lipinski definition) is 1. The van der Waals surface area contributed by atoms with E-state index in [0.717, 1.165) is 11.3 Å². The molecule has 98 valence electrons. The van der Waals surface area contributed by atoms with Crippen molar-refractivity contribution in [2.45, 2.75) is 13.8 Å². The summed E-state index contributed by atoms with van der Waals surface area (Å²) in [6.45, 7) is 4.07. The fraction of sp³-hybridized carbons (Fsp3) is 0.200. The van der Waals surface area contributed by atoms with Crippen molar-refractivity contribution in [3.05, 3.63) is 60.1 Å². The third kappa shape index (κ3) is 3.31. The van der Waals surface area contributed by atoms with Crippen LogP contribution in [0.2, 0.25) is 0 Å². The minimum atomic E-state index is -0.348. The second kappa shape index (κ2) is 6.00. The summed E-state index contributed by atoms with van der Waals surface area (Å²) in [5.74, 6) is 0.110. The van der Waals surface area contributed by atoms with Gasteiger partial charge < -0.3 is 4.42 Å². The minimum absolute atomic E-state index is 0.208. The zero-order valence-electron chi connectivity index (χ0n) is 11.0. The molecule has 0 atom stereocenters. The monoisotopic (exact) mass is 256 g/mol. The Balaban J connectivity index is 2.16. The first-order chi connectivity index (χ1) is 9.18. The van der Waals surface area contributed by atoms with Crippen molar-refractivity contribution in [2.24, 2.45) is 11.0 Å². The molecule has 2 aromatic rings. The van der Waals surface area contributed by atoms with Crippen LogP contribution < -0.4 is 5.43 Å². The molecule has 1 amide bonds. The Morgan fingerprint density at radius 3 is 2.47 bits per heavy atom. The average molecular weight is 256 g/mol. The summed E-state index contributed by atoms with van der Waals surface area (Å²) in [6.07, 6.45) is 1.46. The van der Waals surface area contributed by atoms with E-state index in [1.165, 1.54) is 6.26 Å². The van der Waals surface area contributed by atoms with Crippen LogP contribution in [0.1, 0.15) is 30.0 Å². The van der Waals surface area contributed by atoms with Crippen LogP contribution in [0, 0.1) is 5.92 Å². The van der Waals surface area contributed by atoms with Crippen molar-refractivity contribution >= 4 is 11.6 Å². The van der Waals surface area contributed by atoms with Crippen LogP contribution >= 0.6 is 0 Å². The minimum Gasteiger partial charge on any atom is -0.459 e. The quantitative estimate of drug-likeness (QED) is 0.675. The highest BCUT2D eigenvalue weighted by atomic mass is 16.3. The van der Waals surface area contributed by atoms with Crippen molar-refractivity contribution < 1.29 is 9.21 Å². The lowest BCUT2D eigenvalue weighted by atomic mass is 10.0. The summed E-state index contributed by atoms with van der Waals surface area (Å²) < 4.78 is 5.01. The lowest BCUT2D eigenvalue weighted by molar-refractivity contribution is 0.0927. The van der Waals surface area contributed by atoms with Crippen LogP contribution in [-0.4, -0.2) is 11.6 Å². The van der Waals surface area contributed by atoms with Crippen LogP contribution in [0.4, 0.5) is 0 Å². The van der Waals surface area contributed by atoms with Crippen molar-refractivity contribution in [1.82, 2.24) is 5.43 Å². The Kier molecular flexibility index (Phi) is 4.13. The Labute approximate surface area is 112 Å². The van der Waals surface area contributed by atoms with Gasteiger partial charge in [-0.05, 0) is 23.6 Å². The molecule has 0 bridgehead atoms. The molecule has 4 heteroatoms. The fourth-order valence-corrected chi connectivity index (χ4v) is 1.71. The molecule has 1 aromatic heterocycles. The molecule has 0 aliphatic heterocycles. The second-order valence-electron chi connectivity index (χ2n) is 4.44. The lowest BCUT2D eigenvalue weighted by Crippen LogP contribution is -2.21. The summed E-state index contributed by atoms with van der Waals surface area (Å²) in [6, 6.07) is 13.0. The number of carbonyl (C=O) groups excluding carboxylic acids is 1. The number of rotatable bonds is 4. The van der Waals surface area contributed by atoms with Crippen LogP contribution in [0.3, 0.4) is 0 Å². The van der Waals surface area contributed by atoms with E-state index >= 15 is 0 Å². The van der Waals surface area contributed by atoms with Gasteiger partial charge in [-0.3, -0.25) is 4.79 Å². The average Bonchev–Trinajstić information content (AvgIpc) is 2.93. The summed E-state index contributed by atoms with van der Waals surface area (Å²) in [5, 5.41) is 4.21. The first kappa shape index (κ1) is 13.1. The highest BCUT2D eigenvalue weighted by Gasteiger charge is 2.11.